The molecule has 2 fully saturated rings. The predicted octanol–water partition coefficient (Wildman–Crippen LogP) is 2.51. The summed E-state index contributed by atoms with van der Waals surface area (Å²) in [6.07, 6.45) is 4.85. The predicted molar refractivity (Wildman–Crippen MR) is 148 cm³/mol. The van der Waals surface area contributed by atoms with Gasteiger partial charge in [0.15, 0.2) is 6.29 Å². The molecule has 11 heteroatoms. The van der Waals surface area contributed by atoms with E-state index < -0.39 is 0 Å². The van der Waals surface area contributed by atoms with Crippen LogP contribution in [0.15, 0.2) is 18.3 Å². The van der Waals surface area contributed by atoms with E-state index in [0.29, 0.717) is 48.6 Å². The second-order valence-corrected chi connectivity index (χ2v) is 10.7. The third kappa shape index (κ3) is 5.73. The average molecular weight is 533 g/mol. The molecule has 0 bridgehead atoms. The molecule has 2 amide bonds. The average Bonchev–Trinajstić information content (AvgIpc) is 3.43. The summed E-state index contributed by atoms with van der Waals surface area (Å²) < 4.78 is 5.47. The third-order valence-corrected chi connectivity index (χ3v) is 8.03. The van der Waals surface area contributed by atoms with Crippen LogP contribution in [-0.2, 0) is 17.7 Å². The van der Waals surface area contributed by atoms with Crippen molar-refractivity contribution in [2.75, 3.05) is 68.5 Å². The Balaban J connectivity index is 1.35. The van der Waals surface area contributed by atoms with Crippen LogP contribution in [-0.4, -0.2) is 97.7 Å². The lowest BCUT2D eigenvalue weighted by molar-refractivity contribution is 0.0929. The molecular weight excluding hydrogens is 496 g/mol. The first-order valence-corrected chi connectivity index (χ1v) is 13.6. The molecule has 2 saturated heterocycles. The molecule has 0 saturated carbocycles. The van der Waals surface area contributed by atoms with Gasteiger partial charge in [0.25, 0.3) is 0 Å². The Morgan fingerprint density at radius 3 is 2.82 bits per heavy atom. The van der Waals surface area contributed by atoms with Gasteiger partial charge in [0, 0.05) is 71.2 Å². The molecule has 1 N–H and O–H groups in total. The number of piperazine rings is 1. The van der Waals surface area contributed by atoms with E-state index in [4.69, 9.17) is 4.74 Å². The first kappa shape index (κ1) is 27.0. The van der Waals surface area contributed by atoms with Gasteiger partial charge in [0.1, 0.15) is 23.4 Å². The van der Waals surface area contributed by atoms with Gasteiger partial charge in [-0.05, 0) is 50.4 Å². The zero-order chi connectivity index (χ0) is 27.5. The van der Waals surface area contributed by atoms with Crippen molar-refractivity contribution in [3.63, 3.8) is 0 Å². The van der Waals surface area contributed by atoms with Crippen LogP contribution in [0.2, 0.25) is 0 Å². The molecule has 2 atom stereocenters. The summed E-state index contributed by atoms with van der Waals surface area (Å²) in [7, 11) is 3.82. The number of aldehydes is 1. The second kappa shape index (κ2) is 11.7. The van der Waals surface area contributed by atoms with Crippen molar-refractivity contribution in [3.8, 4) is 6.07 Å². The monoisotopic (exact) mass is 532 g/mol. The maximum Gasteiger partial charge on any atom is 0.328 e. The number of amides is 2. The van der Waals surface area contributed by atoms with Gasteiger partial charge in [-0.25, -0.2) is 14.8 Å². The molecule has 2 aromatic rings. The lowest BCUT2D eigenvalue weighted by Gasteiger charge is -2.38. The SMILES string of the molecule is COC1CCN(c2cc(NC(=O)N3CCCc4cc(CN5CCN(C)CC5C)c(C=O)nc43)ncc2C#N)C1. The summed E-state index contributed by atoms with van der Waals surface area (Å²) in [5.74, 6) is 0.880. The zero-order valence-corrected chi connectivity index (χ0v) is 22.9. The number of nitrogens with one attached hydrogen (secondary N) is 1. The van der Waals surface area contributed by atoms with Gasteiger partial charge in [-0.3, -0.25) is 19.9 Å². The van der Waals surface area contributed by atoms with Gasteiger partial charge in [0.05, 0.1) is 17.4 Å². The topological polar surface area (TPSA) is 118 Å². The minimum Gasteiger partial charge on any atom is -0.380 e. The number of carbonyl (C=O) groups excluding carboxylic acids is 2. The zero-order valence-electron chi connectivity index (χ0n) is 22.9. The largest absolute Gasteiger partial charge is 0.380 e. The summed E-state index contributed by atoms with van der Waals surface area (Å²) in [5, 5.41) is 12.5. The van der Waals surface area contributed by atoms with Crippen molar-refractivity contribution in [3.05, 3.63) is 40.7 Å². The van der Waals surface area contributed by atoms with E-state index in [1.165, 1.54) is 6.20 Å². The number of anilines is 3. The molecule has 2 aromatic heterocycles. The number of fused-ring (bicyclic) bond motifs is 1. The van der Waals surface area contributed by atoms with E-state index in [2.05, 4.69) is 50.0 Å². The number of aryl methyl sites for hydroxylation is 1. The molecule has 2 unspecified atom stereocenters. The molecule has 39 heavy (non-hydrogen) atoms. The number of urea groups is 1. The van der Waals surface area contributed by atoms with Gasteiger partial charge in [-0.1, -0.05) is 0 Å². The number of rotatable bonds is 6. The first-order valence-electron chi connectivity index (χ1n) is 13.6. The number of ether oxygens (including phenoxy) is 1. The standard InChI is InChI=1S/C28H36N8O3/c1-19-15-33(2)9-10-34(19)16-21-11-20-5-4-7-36(27(20)31-24(21)18-37)28(38)32-26-12-25(22(13-29)14-30-26)35-8-6-23(17-35)39-3/h11-12,14,18-19,23H,4-10,15-17H2,1-3H3,(H,30,32,38). The molecule has 0 aromatic carbocycles. The van der Waals surface area contributed by atoms with Crippen molar-refractivity contribution in [1.82, 2.24) is 19.8 Å². The van der Waals surface area contributed by atoms with E-state index in [0.717, 1.165) is 68.5 Å². The van der Waals surface area contributed by atoms with Crippen LogP contribution in [0.3, 0.4) is 0 Å². The Morgan fingerprint density at radius 2 is 2.10 bits per heavy atom. The van der Waals surface area contributed by atoms with Crippen LogP contribution in [0.5, 0.6) is 0 Å². The van der Waals surface area contributed by atoms with Gasteiger partial charge in [-0.2, -0.15) is 5.26 Å². The lowest BCUT2D eigenvalue weighted by atomic mass is 10.0. The number of aromatic nitrogens is 2. The van der Waals surface area contributed by atoms with E-state index >= 15 is 0 Å². The molecule has 3 aliphatic heterocycles. The Morgan fingerprint density at radius 1 is 1.26 bits per heavy atom. The van der Waals surface area contributed by atoms with Gasteiger partial charge < -0.3 is 14.5 Å². The summed E-state index contributed by atoms with van der Waals surface area (Å²) in [6, 6.07) is 6.01. The van der Waals surface area contributed by atoms with Crippen LogP contribution in [0.1, 0.15) is 46.9 Å². The summed E-state index contributed by atoms with van der Waals surface area (Å²) in [5.41, 5.74) is 3.42. The summed E-state index contributed by atoms with van der Waals surface area (Å²) in [6.45, 7) is 7.70. The highest BCUT2D eigenvalue weighted by Gasteiger charge is 2.29. The quantitative estimate of drug-likeness (QED) is 0.560. The van der Waals surface area contributed by atoms with Crippen LogP contribution >= 0.6 is 0 Å². The molecule has 5 heterocycles. The maximum atomic E-state index is 13.4. The molecule has 0 radical (unpaired) electrons. The van der Waals surface area contributed by atoms with Crippen LogP contribution in [0.25, 0.3) is 0 Å². The van der Waals surface area contributed by atoms with Crippen LogP contribution in [0.4, 0.5) is 22.1 Å². The Hall–Kier alpha value is -3.59. The van der Waals surface area contributed by atoms with Crippen molar-refractivity contribution in [1.29, 1.82) is 5.26 Å². The molecule has 11 nitrogen and oxygen atoms in total. The number of carbonyl (C=O) groups is 2. The van der Waals surface area contributed by atoms with Crippen molar-refractivity contribution < 1.29 is 14.3 Å². The van der Waals surface area contributed by atoms with Crippen molar-refractivity contribution >= 4 is 29.6 Å². The highest BCUT2D eigenvalue weighted by molar-refractivity contribution is 6.01. The second-order valence-electron chi connectivity index (χ2n) is 10.7. The van der Waals surface area contributed by atoms with E-state index in [-0.39, 0.29) is 12.1 Å². The molecule has 0 aliphatic carbocycles. The minimum atomic E-state index is -0.361. The molecular formula is C28H36N8O3. The van der Waals surface area contributed by atoms with Gasteiger partial charge in [-0.15, -0.1) is 0 Å². The smallest absolute Gasteiger partial charge is 0.328 e. The Bertz CT molecular complexity index is 1280. The van der Waals surface area contributed by atoms with Gasteiger partial charge >= 0.3 is 6.03 Å². The highest BCUT2D eigenvalue weighted by atomic mass is 16.5. The molecule has 0 spiro atoms. The first-order chi connectivity index (χ1) is 18.9. The van der Waals surface area contributed by atoms with Gasteiger partial charge in [0.2, 0.25) is 0 Å². The fourth-order valence-corrected chi connectivity index (χ4v) is 5.79. The maximum absolute atomic E-state index is 13.4. The van der Waals surface area contributed by atoms with E-state index in [1.807, 2.05) is 6.07 Å². The Labute approximate surface area is 229 Å². The highest BCUT2D eigenvalue weighted by Crippen LogP contribution is 2.30. The fraction of sp³-hybridized carbons (Fsp3) is 0.536. The third-order valence-electron chi connectivity index (χ3n) is 8.03. The number of pyridine rings is 2. The molecule has 5 rings (SSSR count). The lowest BCUT2D eigenvalue weighted by Crippen LogP contribution is -2.50. The normalized spacial score (nSPS) is 21.9. The molecule has 3 aliphatic rings. The van der Waals surface area contributed by atoms with Crippen molar-refractivity contribution in [2.24, 2.45) is 0 Å². The fourth-order valence-electron chi connectivity index (χ4n) is 5.79. The van der Waals surface area contributed by atoms with Crippen LogP contribution in [0, 0.1) is 11.3 Å². The summed E-state index contributed by atoms with van der Waals surface area (Å²) >= 11 is 0. The van der Waals surface area contributed by atoms with E-state index in [9.17, 15) is 14.9 Å². The summed E-state index contributed by atoms with van der Waals surface area (Å²) in [4.78, 5) is 42.9. The van der Waals surface area contributed by atoms with E-state index in [1.54, 1.807) is 18.1 Å². The number of hydrogen-bond acceptors (Lipinski definition) is 9. The number of hydrogen-bond donors (Lipinski definition) is 1. The minimum absolute atomic E-state index is 0.107. The number of nitriles is 1. The van der Waals surface area contributed by atoms with Crippen molar-refractivity contribution in [2.45, 2.75) is 44.9 Å². The number of methoxy groups -OCH3 is 1. The Kier molecular flexibility index (Phi) is 8.07. The van der Waals surface area contributed by atoms with Crippen LogP contribution < -0.4 is 15.1 Å². The number of nitrogens with zero attached hydrogens (tertiary/aromatic N) is 7. The number of likely N-dealkylation sites (N-methyl/N-ethyl adjacent to an activating group) is 1. The molecule has 206 valence electrons.